The van der Waals surface area contributed by atoms with E-state index in [1.54, 1.807) is 0 Å². The first-order valence-electron chi connectivity index (χ1n) is 37.8. The van der Waals surface area contributed by atoms with Gasteiger partial charge in [0.15, 0.2) is 12.2 Å². The Balaban J connectivity index is 5.18. The monoisotopic (exact) mass is 1360 g/mol. The maximum absolute atomic E-state index is 13.0. The molecule has 19 heteroatoms. The van der Waals surface area contributed by atoms with Crippen LogP contribution in [0, 0.1) is 11.8 Å². The minimum atomic E-state index is -4.96. The second-order valence-electron chi connectivity index (χ2n) is 26.7. The summed E-state index contributed by atoms with van der Waals surface area (Å²) in [6.45, 7) is 9.47. The first kappa shape index (κ1) is 90.5. The number of carbonyl (C=O) groups excluding carboxylic acids is 4. The molecule has 548 valence electrons. The highest BCUT2D eigenvalue weighted by Crippen LogP contribution is 2.45. The lowest BCUT2D eigenvalue weighted by molar-refractivity contribution is -0.161. The van der Waals surface area contributed by atoms with Gasteiger partial charge in [0.05, 0.1) is 26.4 Å². The summed E-state index contributed by atoms with van der Waals surface area (Å²) >= 11 is 0. The van der Waals surface area contributed by atoms with Crippen LogP contribution in [0.4, 0.5) is 0 Å². The molecule has 3 N–H and O–H groups in total. The van der Waals surface area contributed by atoms with Crippen LogP contribution in [0.25, 0.3) is 0 Å². The number of rotatable bonds is 71. The molecule has 0 rings (SSSR count). The quantitative estimate of drug-likeness (QED) is 0.0169. The second-order valence-corrected chi connectivity index (χ2v) is 29.6. The van der Waals surface area contributed by atoms with Crippen molar-refractivity contribution in [3.05, 3.63) is 24.3 Å². The van der Waals surface area contributed by atoms with E-state index in [9.17, 15) is 43.2 Å². The Bertz CT molecular complexity index is 1900. The maximum Gasteiger partial charge on any atom is 0.472 e. The van der Waals surface area contributed by atoms with Crippen LogP contribution in [0.5, 0.6) is 0 Å². The summed E-state index contributed by atoms with van der Waals surface area (Å²) in [5.41, 5.74) is 0. The summed E-state index contributed by atoms with van der Waals surface area (Å²) in [5.74, 6) is -0.551. The van der Waals surface area contributed by atoms with Crippen molar-refractivity contribution in [3.63, 3.8) is 0 Å². The molecule has 0 radical (unpaired) electrons. The average molecular weight is 1360 g/mol. The number of esters is 4. The van der Waals surface area contributed by atoms with Crippen LogP contribution in [-0.4, -0.2) is 96.7 Å². The molecule has 0 saturated carbocycles. The number of phosphoric acid groups is 2. The van der Waals surface area contributed by atoms with Crippen molar-refractivity contribution < 1.29 is 80.2 Å². The largest absolute Gasteiger partial charge is 0.472 e. The molecule has 3 unspecified atom stereocenters. The molecular weight excluding hydrogens is 1220 g/mol. The van der Waals surface area contributed by atoms with Gasteiger partial charge in [-0.25, -0.2) is 9.13 Å². The number of carbonyl (C=O) groups is 4. The highest BCUT2D eigenvalue weighted by molar-refractivity contribution is 7.47. The zero-order valence-electron chi connectivity index (χ0n) is 60.0. The zero-order chi connectivity index (χ0) is 68.6. The summed E-state index contributed by atoms with van der Waals surface area (Å²) in [6, 6.07) is 0. The van der Waals surface area contributed by atoms with Gasteiger partial charge in [0.1, 0.15) is 19.3 Å². The average Bonchev–Trinajstić information content (AvgIpc) is 3.18. The Kier molecular flexibility index (Phi) is 63.7. The van der Waals surface area contributed by atoms with Crippen molar-refractivity contribution in [2.75, 3.05) is 39.6 Å². The fourth-order valence-electron chi connectivity index (χ4n) is 10.7. The van der Waals surface area contributed by atoms with Crippen LogP contribution < -0.4 is 0 Å². The Hall–Kier alpha value is -2.46. The number of hydrogen-bond acceptors (Lipinski definition) is 15. The highest BCUT2D eigenvalue weighted by atomic mass is 31.2. The van der Waals surface area contributed by atoms with Crippen molar-refractivity contribution in [1.29, 1.82) is 0 Å². The molecule has 0 heterocycles. The highest BCUT2D eigenvalue weighted by Gasteiger charge is 2.30. The summed E-state index contributed by atoms with van der Waals surface area (Å²) in [7, 11) is -9.91. The van der Waals surface area contributed by atoms with Crippen LogP contribution >= 0.6 is 15.6 Å². The second kappa shape index (κ2) is 65.5. The molecule has 6 atom stereocenters. The van der Waals surface area contributed by atoms with Gasteiger partial charge >= 0.3 is 39.5 Å². The summed E-state index contributed by atoms with van der Waals surface area (Å²) in [6.07, 6.45) is 55.3. The first-order chi connectivity index (χ1) is 44.9. The summed E-state index contributed by atoms with van der Waals surface area (Å²) in [4.78, 5) is 72.4. The van der Waals surface area contributed by atoms with Gasteiger partial charge in [-0.15, -0.1) is 0 Å². The van der Waals surface area contributed by atoms with Gasteiger partial charge < -0.3 is 33.8 Å². The van der Waals surface area contributed by atoms with E-state index in [1.165, 1.54) is 148 Å². The van der Waals surface area contributed by atoms with Gasteiger partial charge in [-0.2, -0.15) is 0 Å². The molecule has 0 saturated heterocycles. The summed E-state index contributed by atoms with van der Waals surface area (Å²) < 4.78 is 68.2. The van der Waals surface area contributed by atoms with Crippen molar-refractivity contribution in [1.82, 2.24) is 0 Å². The lowest BCUT2D eigenvalue weighted by Crippen LogP contribution is -2.30. The predicted octanol–water partition coefficient (Wildman–Crippen LogP) is 21.1. The maximum atomic E-state index is 13.0. The third kappa shape index (κ3) is 66.6. The third-order valence-corrected chi connectivity index (χ3v) is 18.8. The molecule has 0 fully saturated rings. The molecule has 0 amide bonds. The van der Waals surface area contributed by atoms with Gasteiger partial charge in [-0.3, -0.25) is 37.3 Å². The molecule has 17 nitrogen and oxygen atoms in total. The van der Waals surface area contributed by atoms with Crippen LogP contribution in [0.15, 0.2) is 24.3 Å². The lowest BCUT2D eigenvalue weighted by atomic mass is 9.99. The Morgan fingerprint density at radius 1 is 0.355 bits per heavy atom. The van der Waals surface area contributed by atoms with E-state index in [2.05, 4.69) is 65.8 Å². The van der Waals surface area contributed by atoms with Crippen molar-refractivity contribution in [3.8, 4) is 0 Å². The number of allylic oxidation sites excluding steroid dienone is 4. The Morgan fingerprint density at radius 2 is 0.634 bits per heavy atom. The van der Waals surface area contributed by atoms with Gasteiger partial charge in [-0.1, -0.05) is 303 Å². The standard InChI is InChI=1S/C74H140O17P2/c1-7-10-12-14-15-16-17-18-21-25-28-34-39-45-51-57-72(77)85-63-70(91-74(79)58-52-46-40-35-29-26-23-20-19-22-24-27-32-37-43-48-54-66(4)5)65-89-93(82,83)87-61-68(75)60-86-92(80,81)88-64-69(62-84-71(76)56-50-42-13-11-8-2)90-73(78)59-53-47-41-36-31-30-33-38-44-49-55-67(6)9-3/h16-18,21,66-70,75H,7-15,19-20,22-65H2,1-6H3,(H,80,81)(H,82,83)/b17-16-,21-18-/t67?,68-,69+,70+/m0/s1. The van der Waals surface area contributed by atoms with E-state index in [-0.39, 0.29) is 25.7 Å². The van der Waals surface area contributed by atoms with Crippen LogP contribution in [0.2, 0.25) is 0 Å². The number of ether oxygens (including phenoxy) is 4. The number of unbranched alkanes of at least 4 members (excludes halogenated alkanes) is 37. The molecule has 0 aromatic carbocycles. The number of phosphoric ester groups is 2. The molecule has 0 aromatic rings. The minimum absolute atomic E-state index is 0.101. The molecule has 0 aliphatic rings. The molecule has 0 spiro atoms. The van der Waals surface area contributed by atoms with Gasteiger partial charge in [-0.05, 0) is 63.2 Å². The predicted molar refractivity (Wildman–Crippen MR) is 377 cm³/mol. The fraction of sp³-hybridized carbons (Fsp3) is 0.892. The number of aliphatic hydroxyl groups is 1. The first-order valence-corrected chi connectivity index (χ1v) is 40.8. The smallest absolute Gasteiger partial charge is 0.462 e. The third-order valence-electron chi connectivity index (χ3n) is 16.9. The van der Waals surface area contributed by atoms with Crippen LogP contribution in [0.1, 0.15) is 356 Å². The molecule has 0 bridgehead atoms. The molecular formula is C74H140O17P2. The number of aliphatic hydroxyl groups excluding tert-OH is 1. The molecule has 93 heavy (non-hydrogen) atoms. The normalized spacial score (nSPS) is 14.5. The van der Waals surface area contributed by atoms with Crippen LogP contribution in [-0.2, 0) is 65.4 Å². The van der Waals surface area contributed by atoms with Crippen molar-refractivity contribution in [2.45, 2.75) is 374 Å². The molecule has 0 aliphatic heterocycles. The molecule has 0 aromatic heterocycles. The lowest BCUT2D eigenvalue weighted by Gasteiger charge is -2.21. The van der Waals surface area contributed by atoms with Gasteiger partial charge in [0, 0.05) is 25.7 Å². The van der Waals surface area contributed by atoms with E-state index < -0.39 is 97.5 Å². The van der Waals surface area contributed by atoms with Crippen molar-refractivity contribution in [2.24, 2.45) is 11.8 Å². The van der Waals surface area contributed by atoms with E-state index in [0.29, 0.717) is 25.7 Å². The number of hydrogen-bond donors (Lipinski definition) is 3. The molecule has 0 aliphatic carbocycles. The van der Waals surface area contributed by atoms with E-state index in [4.69, 9.17) is 37.0 Å². The topological polar surface area (TPSA) is 237 Å². The SMILES string of the molecule is CCCCCC/C=C\C=C/CCCCCCCC(=O)OC[C@H](COP(=O)(O)OC[C@@H](O)COP(=O)(O)OC[C@@H](COC(=O)CCCCCCC)OC(=O)CCCCCCCCCCCCC(C)CC)OC(=O)CCCCCCCCCCCCCCCCCCC(C)C. The van der Waals surface area contributed by atoms with Gasteiger partial charge in [0.25, 0.3) is 0 Å². The van der Waals surface area contributed by atoms with Crippen molar-refractivity contribution >= 4 is 39.5 Å². The minimum Gasteiger partial charge on any atom is -0.462 e. The Labute approximate surface area is 567 Å². The fourth-order valence-corrected chi connectivity index (χ4v) is 12.3. The Morgan fingerprint density at radius 3 is 0.968 bits per heavy atom. The van der Waals surface area contributed by atoms with Gasteiger partial charge in [0.2, 0.25) is 0 Å². The van der Waals surface area contributed by atoms with E-state index >= 15 is 0 Å². The van der Waals surface area contributed by atoms with E-state index in [0.717, 1.165) is 127 Å². The summed E-state index contributed by atoms with van der Waals surface area (Å²) in [5, 5.41) is 10.6. The zero-order valence-corrected chi connectivity index (χ0v) is 61.8. The van der Waals surface area contributed by atoms with Crippen LogP contribution in [0.3, 0.4) is 0 Å². The van der Waals surface area contributed by atoms with E-state index in [1.807, 2.05) is 0 Å².